The van der Waals surface area contributed by atoms with Gasteiger partial charge in [0.2, 0.25) is 15.9 Å². The van der Waals surface area contributed by atoms with Crippen molar-refractivity contribution in [3.05, 3.63) is 58.7 Å². The van der Waals surface area contributed by atoms with Crippen LogP contribution in [0.3, 0.4) is 0 Å². The number of aryl methyl sites for hydroxylation is 3. The highest BCUT2D eigenvalue weighted by atomic mass is 32.2. The van der Waals surface area contributed by atoms with Crippen LogP contribution in [0.25, 0.3) is 0 Å². The number of hydrogen-bond donors (Lipinski definition) is 1. The molecule has 6 heteroatoms. The van der Waals surface area contributed by atoms with Crippen molar-refractivity contribution in [1.82, 2.24) is 4.72 Å². The molecule has 1 heterocycles. The van der Waals surface area contributed by atoms with E-state index in [9.17, 15) is 13.2 Å². The van der Waals surface area contributed by atoms with Crippen LogP contribution in [0.4, 0.5) is 5.69 Å². The van der Waals surface area contributed by atoms with Gasteiger partial charge in [-0.3, -0.25) is 4.79 Å². The molecular weight excluding hydrogens is 360 g/mol. The summed E-state index contributed by atoms with van der Waals surface area (Å²) >= 11 is 0. The van der Waals surface area contributed by atoms with Gasteiger partial charge in [0.25, 0.3) is 0 Å². The predicted molar refractivity (Wildman–Crippen MR) is 107 cm³/mol. The van der Waals surface area contributed by atoms with Crippen LogP contribution in [-0.4, -0.2) is 20.9 Å². The molecular formula is C21H26N2O3S. The minimum absolute atomic E-state index is 0.0929. The number of rotatable bonds is 5. The van der Waals surface area contributed by atoms with Crippen molar-refractivity contribution < 1.29 is 13.2 Å². The fourth-order valence-corrected chi connectivity index (χ4v) is 4.98. The first-order valence-corrected chi connectivity index (χ1v) is 10.7. The lowest BCUT2D eigenvalue weighted by atomic mass is 10.0. The van der Waals surface area contributed by atoms with Gasteiger partial charge in [-0.25, -0.2) is 13.1 Å². The van der Waals surface area contributed by atoms with E-state index >= 15 is 0 Å². The number of carbonyl (C=O) groups excluding carboxylic acids is 1. The molecule has 0 aliphatic carbocycles. The molecule has 1 saturated heterocycles. The molecule has 1 N–H and O–H groups in total. The van der Waals surface area contributed by atoms with Gasteiger partial charge in [0, 0.05) is 24.7 Å². The van der Waals surface area contributed by atoms with E-state index in [1.54, 1.807) is 23.1 Å². The number of nitrogens with zero attached hydrogens (tertiary/aromatic N) is 1. The van der Waals surface area contributed by atoms with Crippen molar-refractivity contribution in [2.45, 2.75) is 51.5 Å². The van der Waals surface area contributed by atoms with Crippen LogP contribution >= 0.6 is 0 Å². The number of sulfonamides is 1. The Morgan fingerprint density at radius 1 is 1.04 bits per heavy atom. The third-order valence-corrected chi connectivity index (χ3v) is 6.60. The highest BCUT2D eigenvalue weighted by Crippen LogP contribution is 2.28. The Morgan fingerprint density at radius 2 is 1.78 bits per heavy atom. The zero-order valence-corrected chi connectivity index (χ0v) is 17.1. The molecule has 3 rings (SSSR count). The highest BCUT2D eigenvalue weighted by molar-refractivity contribution is 7.89. The van der Waals surface area contributed by atoms with Crippen LogP contribution in [0, 0.1) is 20.8 Å². The highest BCUT2D eigenvalue weighted by Gasteiger charge is 2.25. The third-order valence-electron chi connectivity index (χ3n) is 5.07. The van der Waals surface area contributed by atoms with E-state index in [1.807, 2.05) is 45.9 Å². The Morgan fingerprint density at radius 3 is 2.37 bits per heavy atom. The van der Waals surface area contributed by atoms with E-state index < -0.39 is 10.0 Å². The molecule has 144 valence electrons. The van der Waals surface area contributed by atoms with Gasteiger partial charge in [0.15, 0.2) is 0 Å². The summed E-state index contributed by atoms with van der Waals surface area (Å²) in [6.45, 7) is 8.38. The van der Waals surface area contributed by atoms with E-state index in [0.29, 0.717) is 13.0 Å². The summed E-state index contributed by atoms with van der Waals surface area (Å²) < 4.78 is 28.5. The van der Waals surface area contributed by atoms with Crippen LogP contribution in [0.2, 0.25) is 0 Å². The molecule has 0 radical (unpaired) electrons. The Bertz CT molecular complexity index is 983. The molecule has 5 nitrogen and oxygen atoms in total. The average Bonchev–Trinajstić information content (AvgIpc) is 3.00. The zero-order chi connectivity index (χ0) is 19.8. The lowest BCUT2D eigenvalue weighted by Crippen LogP contribution is -2.28. The normalized spacial score (nSPS) is 16.0. The summed E-state index contributed by atoms with van der Waals surface area (Å²) in [6.07, 6.45) is 1.39. The smallest absolute Gasteiger partial charge is 0.241 e. The van der Waals surface area contributed by atoms with Gasteiger partial charge >= 0.3 is 0 Å². The second kappa shape index (κ2) is 7.44. The van der Waals surface area contributed by atoms with Crippen molar-refractivity contribution in [2.24, 2.45) is 0 Å². The Hall–Kier alpha value is -2.18. The summed E-state index contributed by atoms with van der Waals surface area (Å²) in [4.78, 5) is 13.9. The Kier molecular flexibility index (Phi) is 5.40. The lowest BCUT2D eigenvalue weighted by Gasteiger charge is -2.20. The van der Waals surface area contributed by atoms with Gasteiger partial charge in [0.05, 0.1) is 4.90 Å². The van der Waals surface area contributed by atoms with Crippen molar-refractivity contribution in [3.63, 3.8) is 0 Å². The van der Waals surface area contributed by atoms with Crippen molar-refractivity contribution >= 4 is 21.6 Å². The van der Waals surface area contributed by atoms with Gasteiger partial charge in [-0.2, -0.15) is 0 Å². The van der Waals surface area contributed by atoms with E-state index in [4.69, 9.17) is 0 Å². The van der Waals surface area contributed by atoms with E-state index in [-0.39, 0.29) is 16.8 Å². The minimum Gasteiger partial charge on any atom is -0.312 e. The molecule has 1 amide bonds. The van der Waals surface area contributed by atoms with Gasteiger partial charge in [-0.05, 0) is 69.0 Å². The summed E-state index contributed by atoms with van der Waals surface area (Å²) in [6, 6.07) is 10.6. The number of amides is 1. The number of nitrogens with one attached hydrogen (secondary N) is 1. The quantitative estimate of drug-likeness (QED) is 0.850. The molecule has 0 aromatic heterocycles. The second-order valence-corrected chi connectivity index (χ2v) is 9.01. The molecule has 0 bridgehead atoms. The maximum atomic E-state index is 12.9. The minimum atomic E-state index is -3.66. The number of carbonyl (C=O) groups is 1. The standard InChI is InChI=1S/C21H26N2O3S/c1-14-7-9-19(15(2)12-14)17(4)22-27(25,26)18-8-10-20(16(3)13-18)23-11-5-6-21(23)24/h7-10,12-13,17,22H,5-6,11H2,1-4H3/t17-/m0/s1. The van der Waals surface area contributed by atoms with Gasteiger partial charge < -0.3 is 4.90 Å². The fourth-order valence-electron chi connectivity index (χ4n) is 3.68. The first-order chi connectivity index (χ1) is 12.7. The number of hydrogen-bond acceptors (Lipinski definition) is 3. The van der Waals surface area contributed by atoms with Crippen LogP contribution in [0.5, 0.6) is 0 Å². The molecule has 1 fully saturated rings. The van der Waals surface area contributed by atoms with Crippen LogP contribution < -0.4 is 9.62 Å². The van der Waals surface area contributed by atoms with E-state index in [1.165, 1.54) is 0 Å². The summed E-state index contributed by atoms with van der Waals surface area (Å²) in [7, 11) is -3.66. The van der Waals surface area contributed by atoms with Crippen LogP contribution in [-0.2, 0) is 14.8 Å². The van der Waals surface area contributed by atoms with Crippen molar-refractivity contribution in [1.29, 1.82) is 0 Å². The van der Waals surface area contributed by atoms with Gasteiger partial charge in [-0.15, -0.1) is 0 Å². The maximum Gasteiger partial charge on any atom is 0.241 e. The van der Waals surface area contributed by atoms with Crippen molar-refractivity contribution in [2.75, 3.05) is 11.4 Å². The summed E-state index contributed by atoms with van der Waals surface area (Å²) in [5, 5.41) is 0. The molecule has 1 atom stereocenters. The maximum absolute atomic E-state index is 12.9. The molecule has 2 aromatic rings. The van der Waals surface area contributed by atoms with Crippen molar-refractivity contribution in [3.8, 4) is 0 Å². The molecule has 0 unspecified atom stereocenters. The van der Waals surface area contributed by atoms with E-state index in [0.717, 1.165) is 34.4 Å². The first-order valence-electron chi connectivity index (χ1n) is 9.19. The van der Waals surface area contributed by atoms with Crippen LogP contribution in [0.15, 0.2) is 41.3 Å². The van der Waals surface area contributed by atoms with Gasteiger partial charge in [0.1, 0.15) is 0 Å². The molecule has 0 spiro atoms. The lowest BCUT2D eigenvalue weighted by molar-refractivity contribution is -0.117. The third kappa shape index (κ3) is 4.06. The van der Waals surface area contributed by atoms with E-state index in [2.05, 4.69) is 4.72 Å². The Balaban J connectivity index is 1.84. The topological polar surface area (TPSA) is 66.5 Å². The second-order valence-electron chi connectivity index (χ2n) is 7.30. The van der Waals surface area contributed by atoms with Gasteiger partial charge in [-0.1, -0.05) is 23.8 Å². The molecule has 27 heavy (non-hydrogen) atoms. The predicted octanol–water partition coefficient (Wildman–Crippen LogP) is 3.78. The summed E-state index contributed by atoms with van der Waals surface area (Å²) in [5.41, 5.74) is 4.74. The Labute approximate surface area is 161 Å². The SMILES string of the molecule is Cc1ccc([C@H](C)NS(=O)(=O)c2ccc(N3CCCC3=O)c(C)c2)c(C)c1. The monoisotopic (exact) mass is 386 g/mol. The first kappa shape index (κ1) is 19.6. The number of anilines is 1. The molecule has 2 aromatic carbocycles. The summed E-state index contributed by atoms with van der Waals surface area (Å²) in [5.74, 6) is 0.0929. The average molecular weight is 387 g/mol. The zero-order valence-electron chi connectivity index (χ0n) is 16.2. The number of benzene rings is 2. The van der Waals surface area contributed by atoms with Crippen LogP contribution in [0.1, 0.15) is 48.1 Å². The molecule has 1 aliphatic heterocycles. The fraction of sp³-hybridized carbons (Fsp3) is 0.381. The molecule has 0 saturated carbocycles. The molecule has 1 aliphatic rings. The largest absolute Gasteiger partial charge is 0.312 e.